The van der Waals surface area contributed by atoms with Crippen molar-refractivity contribution in [3.63, 3.8) is 0 Å². The molecule has 1 N–H and O–H groups in total. The van der Waals surface area contributed by atoms with Crippen molar-refractivity contribution in [2.75, 3.05) is 26.9 Å². The molecule has 8 unspecified atom stereocenters. The fraction of sp³-hybridized carbons (Fsp3) is 0.583. The summed E-state index contributed by atoms with van der Waals surface area (Å²) in [5.41, 5.74) is 6.21. The van der Waals surface area contributed by atoms with Gasteiger partial charge in [0.25, 0.3) is 0 Å². The van der Waals surface area contributed by atoms with Gasteiger partial charge in [-0.1, -0.05) is 22.5 Å². The van der Waals surface area contributed by atoms with Crippen molar-refractivity contribution in [1.29, 1.82) is 0 Å². The lowest BCUT2D eigenvalue weighted by Crippen LogP contribution is -2.93. The van der Waals surface area contributed by atoms with Gasteiger partial charge in [-0.25, -0.2) is 9.07 Å². The van der Waals surface area contributed by atoms with E-state index in [1.165, 1.54) is 49.5 Å². The number of carbonyl (C=O) groups excluding carboxylic acids is 2. The average Bonchev–Trinajstić information content (AvgIpc) is 3.39. The molecule has 2 aromatic rings. The summed E-state index contributed by atoms with van der Waals surface area (Å²) in [5.74, 6) is -1.63. The SMILES string of the molecule is COC12C(SC3COCC(N=[N+]=[N-])C3O)OC1(COC(C)=O)C(OC(C)=O)C2n1cc(-c2cccc(F)c2)nn1. The maximum atomic E-state index is 13.9. The minimum atomic E-state index is -1.41. The predicted octanol–water partition coefficient (Wildman–Crippen LogP) is 1.79. The number of rotatable bonds is 9. The highest BCUT2D eigenvalue weighted by atomic mass is 32.2. The van der Waals surface area contributed by atoms with Crippen LogP contribution in [0.5, 0.6) is 0 Å². The molecule has 2 aliphatic heterocycles. The molecule has 0 spiro atoms. The Balaban J connectivity index is 1.52. The first-order valence-corrected chi connectivity index (χ1v) is 13.3. The molecule has 40 heavy (non-hydrogen) atoms. The van der Waals surface area contributed by atoms with Gasteiger partial charge >= 0.3 is 11.9 Å². The highest BCUT2D eigenvalue weighted by Gasteiger charge is 2.88. The van der Waals surface area contributed by atoms with Crippen LogP contribution in [0.25, 0.3) is 21.7 Å². The number of aromatic nitrogens is 3. The Morgan fingerprint density at radius 1 is 1.35 bits per heavy atom. The number of azide groups is 1. The monoisotopic (exact) mass is 578 g/mol. The highest BCUT2D eigenvalue weighted by Crippen LogP contribution is 2.69. The van der Waals surface area contributed by atoms with Crippen LogP contribution in [-0.4, -0.2) is 99.1 Å². The van der Waals surface area contributed by atoms with Crippen LogP contribution in [0, 0.1) is 5.82 Å². The molecule has 1 saturated carbocycles. The lowest BCUT2D eigenvalue weighted by molar-refractivity contribution is -0.449. The van der Waals surface area contributed by atoms with Crippen LogP contribution in [-0.2, 0) is 33.3 Å². The number of nitrogens with zero attached hydrogens (tertiary/aromatic N) is 6. The summed E-state index contributed by atoms with van der Waals surface area (Å²) in [7, 11) is 1.44. The Kier molecular flexibility index (Phi) is 7.74. The van der Waals surface area contributed by atoms with E-state index in [-0.39, 0.29) is 19.8 Å². The number of halogens is 1. The Morgan fingerprint density at radius 3 is 2.83 bits per heavy atom. The van der Waals surface area contributed by atoms with Gasteiger partial charge in [0.2, 0.25) is 0 Å². The van der Waals surface area contributed by atoms with E-state index in [9.17, 15) is 19.1 Å². The van der Waals surface area contributed by atoms with Gasteiger partial charge in [-0.05, 0) is 17.7 Å². The minimum absolute atomic E-state index is 0.0680. The molecule has 3 fully saturated rings. The summed E-state index contributed by atoms with van der Waals surface area (Å²) >= 11 is 1.19. The van der Waals surface area contributed by atoms with E-state index in [1.807, 2.05) is 0 Å². The van der Waals surface area contributed by atoms with Gasteiger partial charge in [-0.2, -0.15) is 0 Å². The third-order valence-electron chi connectivity index (χ3n) is 7.40. The van der Waals surface area contributed by atoms with Crippen molar-refractivity contribution in [3.8, 4) is 11.3 Å². The lowest BCUT2D eigenvalue weighted by atomic mass is 9.55. The summed E-state index contributed by atoms with van der Waals surface area (Å²) in [4.78, 5) is 26.7. The standard InChI is InChI=1S/C24H27FN6O8S/c1-12(32)37-11-23-21(38-13(2)33)20(31-8-16(28-30-31)14-5-4-6-15(25)7-14)24(23,35-3)22(39-23)40-18-10-36-9-17(19(18)34)27-29-26/h4-8,17-22,34H,9-11H2,1-3H3. The molecule has 5 rings (SSSR count). The minimum Gasteiger partial charge on any atom is -0.463 e. The maximum Gasteiger partial charge on any atom is 0.303 e. The molecule has 0 radical (unpaired) electrons. The molecule has 1 aromatic heterocycles. The molecule has 1 aromatic carbocycles. The van der Waals surface area contributed by atoms with Crippen LogP contribution in [0.4, 0.5) is 4.39 Å². The first kappa shape index (κ1) is 28.3. The molecule has 2 saturated heterocycles. The van der Waals surface area contributed by atoms with Crippen molar-refractivity contribution in [2.24, 2.45) is 5.11 Å². The van der Waals surface area contributed by atoms with Gasteiger partial charge in [0.05, 0.1) is 36.8 Å². The second kappa shape index (κ2) is 11.0. The van der Waals surface area contributed by atoms with Crippen molar-refractivity contribution in [1.82, 2.24) is 15.0 Å². The molecule has 3 aliphatic rings. The summed E-state index contributed by atoms with van der Waals surface area (Å²) in [6.45, 7) is 2.39. The third kappa shape index (κ3) is 4.50. The number of hydrogen-bond donors (Lipinski definition) is 1. The number of thioether (sulfide) groups is 1. The summed E-state index contributed by atoms with van der Waals surface area (Å²) in [6.07, 6.45) is -0.473. The molecule has 16 heteroatoms. The van der Waals surface area contributed by atoms with Crippen LogP contribution >= 0.6 is 11.8 Å². The van der Waals surface area contributed by atoms with Crippen LogP contribution in [0.1, 0.15) is 19.9 Å². The van der Waals surface area contributed by atoms with Crippen LogP contribution in [0.3, 0.4) is 0 Å². The Hall–Kier alpha value is -3.27. The number of esters is 2. The molecular weight excluding hydrogens is 551 g/mol. The lowest BCUT2D eigenvalue weighted by Gasteiger charge is -2.74. The van der Waals surface area contributed by atoms with E-state index in [2.05, 4.69) is 20.3 Å². The zero-order valence-corrected chi connectivity index (χ0v) is 22.6. The van der Waals surface area contributed by atoms with E-state index in [0.717, 1.165) is 0 Å². The first-order valence-electron chi connectivity index (χ1n) is 12.3. The van der Waals surface area contributed by atoms with Gasteiger partial charge in [-0.3, -0.25) is 9.59 Å². The molecular formula is C24H27FN6O8S. The molecule has 214 valence electrons. The molecule has 1 aliphatic carbocycles. The fourth-order valence-electron chi connectivity index (χ4n) is 5.59. The number of aliphatic hydroxyl groups is 1. The quantitative estimate of drug-likeness (QED) is 0.198. The largest absolute Gasteiger partial charge is 0.463 e. The van der Waals surface area contributed by atoms with Gasteiger partial charge in [-0.15, -0.1) is 16.9 Å². The second-order valence-electron chi connectivity index (χ2n) is 9.66. The van der Waals surface area contributed by atoms with Gasteiger partial charge < -0.3 is 28.8 Å². The van der Waals surface area contributed by atoms with E-state index >= 15 is 0 Å². The van der Waals surface area contributed by atoms with Crippen LogP contribution in [0.2, 0.25) is 0 Å². The maximum absolute atomic E-state index is 13.9. The molecule has 3 heterocycles. The number of aliphatic hydroxyl groups excluding tert-OH is 1. The smallest absolute Gasteiger partial charge is 0.303 e. The molecule has 0 amide bonds. The van der Waals surface area contributed by atoms with E-state index in [0.29, 0.717) is 11.3 Å². The summed E-state index contributed by atoms with van der Waals surface area (Å²) < 4.78 is 44.3. The first-order chi connectivity index (χ1) is 19.2. The number of benzene rings is 1. The predicted molar refractivity (Wildman–Crippen MR) is 135 cm³/mol. The van der Waals surface area contributed by atoms with Crippen molar-refractivity contribution in [3.05, 3.63) is 46.7 Å². The normalized spacial score (nSPS) is 34.4. The number of carbonyl (C=O) groups is 2. The van der Waals surface area contributed by atoms with E-state index in [1.54, 1.807) is 18.3 Å². The van der Waals surface area contributed by atoms with E-state index in [4.69, 9.17) is 29.2 Å². The molecule has 14 nitrogen and oxygen atoms in total. The van der Waals surface area contributed by atoms with E-state index < -0.39 is 63.9 Å². The second-order valence-corrected chi connectivity index (χ2v) is 11.0. The Morgan fingerprint density at radius 2 is 2.15 bits per heavy atom. The van der Waals surface area contributed by atoms with Gasteiger partial charge in [0.1, 0.15) is 29.6 Å². The number of hydrogen-bond acceptors (Lipinski definition) is 12. The van der Waals surface area contributed by atoms with Crippen molar-refractivity contribution in [2.45, 2.75) is 60.0 Å². The van der Waals surface area contributed by atoms with Crippen molar-refractivity contribution >= 4 is 23.7 Å². The zero-order valence-electron chi connectivity index (χ0n) is 21.7. The summed E-state index contributed by atoms with van der Waals surface area (Å²) in [6, 6.07) is 4.23. The fourth-order valence-corrected chi connectivity index (χ4v) is 7.29. The Bertz CT molecular complexity index is 1340. The van der Waals surface area contributed by atoms with Crippen LogP contribution < -0.4 is 0 Å². The van der Waals surface area contributed by atoms with Gasteiger partial charge in [0.15, 0.2) is 17.3 Å². The Labute approximate surface area is 231 Å². The highest BCUT2D eigenvalue weighted by molar-refractivity contribution is 8.00. The third-order valence-corrected chi connectivity index (χ3v) is 8.85. The molecule has 0 bridgehead atoms. The number of ether oxygens (including phenoxy) is 5. The number of methoxy groups -OCH3 is 1. The van der Waals surface area contributed by atoms with Gasteiger partial charge in [0, 0.05) is 31.4 Å². The topological polar surface area (TPSA) is 180 Å². The molecule has 8 atom stereocenters. The summed E-state index contributed by atoms with van der Waals surface area (Å²) in [5, 5.41) is 22.3. The van der Waals surface area contributed by atoms with Crippen molar-refractivity contribution < 1.29 is 42.8 Å². The van der Waals surface area contributed by atoms with Crippen LogP contribution in [0.15, 0.2) is 35.6 Å². The number of fused-ring (bicyclic) bond motifs is 1. The zero-order chi connectivity index (χ0) is 28.7. The average molecular weight is 579 g/mol.